The summed E-state index contributed by atoms with van der Waals surface area (Å²) < 4.78 is 17.3. The number of cyclic esters (lactones) is 1. The molecule has 1 N–H and O–H groups in total. The molecule has 0 amide bonds. The maximum atomic E-state index is 13.4. The first kappa shape index (κ1) is 29.2. The second-order valence-electron chi connectivity index (χ2n) is 11.1. The molecule has 3 heterocycles. The third-order valence-electron chi connectivity index (χ3n) is 7.59. The number of aromatic nitrogens is 1. The number of thiazole rings is 1. The fourth-order valence-corrected chi connectivity index (χ4v) is 5.75. The van der Waals surface area contributed by atoms with Crippen LogP contribution in [0.25, 0.3) is 6.08 Å². The van der Waals surface area contributed by atoms with Crippen molar-refractivity contribution in [2.75, 3.05) is 0 Å². The highest BCUT2D eigenvalue weighted by molar-refractivity contribution is 7.09. The zero-order chi connectivity index (χ0) is 27.4. The molecule has 6 unspecified atom stereocenters. The van der Waals surface area contributed by atoms with Crippen molar-refractivity contribution in [3.05, 3.63) is 33.8 Å². The Kier molecular flexibility index (Phi) is 9.47. The topological polar surface area (TPSA) is 115 Å². The quantitative estimate of drug-likeness (QED) is 0.330. The van der Waals surface area contributed by atoms with E-state index in [4.69, 9.17) is 14.2 Å². The molecule has 1 fully saturated rings. The molecule has 0 saturated carbocycles. The Morgan fingerprint density at radius 1 is 1.30 bits per heavy atom. The molecule has 6 atom stereocenters. The van der Waals surface area contributed by atoms with Crippen LogP contribution < -0.4 is 0 Å². The standard InChI is InChI=1S/C28H39NO7S/c1-17-8-7-10-28(6)22(36-28)13-21(18(2)12-20-15-37-23(14-30)29-20)35-24(32)9-11-27(4,5)26(33)19(3)25(17)34-16-31/h9,11-12,15-17,19,21-22,25,30H,7-8,10,13-14H2,1-6H3/b11-9+,18-12+. The van der Waals surface area contributed by atoms with Gasteiger partial charge in [-0.3, -0.25) is 9.59 Å². The average molecular weight is 534 g/mol. The predicted octanol–water partition coefficient (Wildman–Crippen LogP) is 4.65. The van der Waals surface area contributed by atoms with Crippen molar-refractivity contribution in [1.82, 2.24) is 4.98 Å². The van der Waals surface area contributed by atoms with Crippen LogP contribution >= 0.6 is 11.3 Å². The van der Waals surface area contributed by atoms with Gasteiger partial charge in [0.1, 0.15) is 23.0 Å². The van der Waals surface area contributed by atoms with Gasteiger partial charge in [-0.25, -0.2) is 9.78 Å². The van der Waals surface area contributed by atoms with Crippen molar-refractivity contribution >= 4 is 35.6 Å². The lowest BCUT2D eigenvalue weighted by Gasteiger charge is -2.31. The molecule has 3 rings (SSSR count). The van der Waals surface area contributed by atoms with E-state index in [1.807, 2.05) is 25.3 Å². The number of fused-ring (bicyclic) bond motifs is 1. The zero-order valence-electron chi connectivity index (χ0n) is 22.6. The number of hydrogen-bond acceptors (Lipinski definition) is 9. The van der Waals surface area contributed by atoms with Crippen LogP contribution in [0.5, 0.6) is 0 Å². The molecule has 0 radical (unpaired) electrons. The van der Waals surface area contributed by atoms with E-state index in [0.717, 1.165) is 24.8 Å². The minimum atomic E-state index is -0.959. The van der Waals surface area contributed by atoms with E-state index in [1.165, 1.54) is 17.4 Å². The molecule has 0 spiro atoms. The number of esters is 1. The van der Waals surface area contributed by atoms with E-state index in [9.17, 15) is 19.5 Å². The van der Waals surface area contributed by atoms with Gasteiger partial charge in [-0.05, 0) is 58.1 Å². The number of aliphatic hydroxyl groups is 1. The van der Waals surface area contributed by atoms with E-state index in [1.54, 1.807) is 26.8 Å². The fraction of sp³-hybridized carbons (Fsp3) is 0.643. The van der Waals surface area contributed by atoms with Gasteiger partial charge < -0.3 is 19.3 Å². The lowest BCUT2D eigenvalue weighted by Crippen LogP contribution is -2.39. The van der Waals surface area contributed by atoms with Crippen LogP contribution in [0.1, 0.15) is 77.9 Å². The van der Waals surface area contributed by atoms with Crippen LogP contribution in [0.4, 0.5) is 0 Å². The monoisotopic (exact) mass is 533 g/mol. The molecule has 8 nitrogen and oxygen atoms in total. The van der Waals surface area contributed by atoms with Crippen molar-refractivity contribution in [3.63, 3.8) is 0 Å². The van der Waals surface area contributed by atoms with Crippen molar-refractivity contribution in [3.8, 4) is 0 Å². The Hall–Kier alpha value is -2.36. The van der Waals surface area contributed by atoms with E-state index >= 15 is 0 Å². The summed E-state index contributed by atoms with van der Waals surface area (Å²) in [5.74, 6) is -1.22. The second-order valence-corrected chi connectivity index (χ2v) is 12.0. The molecule has 37 heavy (non-hydrogen) atoms. The van der Waals surface area contributed by atoms with Crippen LogP contribution in [-0.2, 0) is 35.2 Å². The van der Waals surface area contributed by atoms with Gasteiger partial charge in [0, 0.05) is 23.3 Å². The lowest BCUT2D eigenvalue weighted by atomic mass is 9.76. The summed E-state index contributed by atoms with van der Waals surface area (Å²) in [5, 5.41) is 11.8. The number of ether oxygens (including phenoxy) is 3. The van der Waals surface area contributed by atoms with Gasteiger partial charge in [-0.15, -0.1) is 11.3 Å². The summed E-state index contributed by atoms with van der Waals surface area (Å²) in [5.41, 5.74) is 0.236. The molecular weight excluding hydrogens is 494 g/mol. The Balaban J connectivity index is 1.88. The first-order valence-corrected chi connectivity index (χ1v) is 13.7. The smallest absolute Gasteiger partial charge is 0.331 e. The van der Waals surface area contributed by atoms with Gasteiger partial charge in [-0.1, -0.05) is 26.3 Å². The van der Waals surface area contributed by atoms with Gasteiger partial charge in [0.15, 0.2) is 0 Å². The summed E-state index contributed by atoms with van der Waals surface area (Å²) in [6.07, 6.45) is 6.52. The number of hydrogen-bond donors (Lipinski definition) is 1. The first-order chi connectivity index (χ1) is 17.4. The molecule has 2 aliphatic heterocycles. The van der Waals surface area contributed by atoms with Gasteiger partial charge in [0.25, 0.3) is 6.47 Å². The van der Waals surface area contributed by atoms with Crippen LogP contribution in [0.3, 0.4) is 0 Å². The van der Waals surface area contributed by atoms with Crippen molar-refractivity contribution in [2.45, 2.75) is 97.7 Å². The molecule has 1 aromatic rings. The highest BCUT2D eigenvalue weighted by Crippen LogP contribution is 2.45. The molecule has 0 bridgehead atoms. The maximum Gasteiger partial charge on any atom is 0.331 e. The Morgan fingerprint density at radius 2 is 2.03 bits per heavy atom. The van der Waals surface area contributed by atoms with Crippen molar-refractivity contribution < 1.29 is 33.7 Å². The van der Waals surface area contributed by atoms with Crippen molar-refractivity contribution in [2.24, 2.45) is 17.3 Å². The first-order valence-electron chi connectivity index (χ1n) is 12.8. The highest BCUT2D eigenvalue weighted by Gasteiger charge is 2.52. The van der Waals surface area contributed by atoms with Crippen LogP contribution in [0, 0.1) is 17.3 Å². The third-order valence-corrected chi connectivity index (χ3v) is 8.45. The SMILES string of the molecule is C/C(=C\c1csc(CO)n1)C1CC2OC2(C)CCCC(C)C(OC=O)C(C)C(=O)C(C)(C)/C=C/C(=O)O1. The summed E-state index contributed by atoms with van der Waals surface area (Å²) >= 11 is 1.37. The van der Waals surface area contributed by atoms with E-state index in [0.29, 0.717) is 23.6 Å². The third kappa shape index (κ3) is 7.36. The Labute approximate surface area is 223 Å². The molecule has 9 heteroatoms. The molecule has 0 aromatic carbocycles. The van der Waals surface area contributed by atoms with Crippen LogP contribution in [-0.4, -0.2) is 52.2 Å². The van der Waals surface area contributed by atoms with Crippen LogP contribution in [0.2, 0.25) is 0 Å². The zero-order valence-corrected chi connectivity index (χ0v) is 23.4. The number of carbonyl (C=O) groups is 3. The number of carbonyl (C=O) groups excluding carboxylic acids is 3. The minimum absolute atomic E-state index is 0.0116. The van der Waals surface area contributed by atoms with Gasteiger partial charge in [0.2, 0.25) is 0 Å². The number of aliphatic hydroxyl groups excluding tert-OH is 1. The average Bonchev–Trinajstić information content (AvgIpc) is 3.25. The Morgan fingerprint density at radius 3 is 2.68 bits per heavy atom. The molecule has 2 aliphatic rings. The molecule has 204 valence electrons. The normalized spacial score (nSPS) is 34.2. The maximum absolute atomic E-state index is 13.4. The lowest BCUT2D eigenvalue weighted by molar-refractivity contribution is -0.145. The summed E-state index contributed by atoms with van der Waals surface area (Å²) in [4.78, 5) is 41.8. The second kappa shape index (κ2) is 12.0. The predicted molar refractivity (Wildman–Crippen MR) is 141 cm³/mol. The Bertz CT molecular complexity index is 1050. The van der Waals surface area contributed by atoms with Crippen LogP contribution in [0.15, 0.2) is 23.1 Å². The molecule has 1 aromatic heterocycles. The fourth-order valence-electron chi connectivity index (χ4n) is 5.14. The molecule has 0 aliphatic carbocycles. The molecule has 1 saturated heterocycles. The van der Waals surface area contributed by atoms with E-state index in [2.05, 4.69) is 11.9 Å². The van der Waals surface area contributed by atoms with Gasteiger partial charge in [-0.2, -0.15) is 0 Å². The summed E-state index contributed by atoms with van der Waals surface area (Å²) in [6, 6.07) is 0. The summed E-state index contributed by atoms with van der Waals surface area (Å²) in [6.45, 7) is 11.5. The largest absolute Gasteiger partial charge is 0.464 e. The minimum Gasteiger partial charge on any atom is -0.464 e. The number of allylic oxidation sites excluding steroid dienone is 1. The van der Waals surface area contributed by atoms with Gasteiger partial charge in [0.05, 0.1) is 29.9 Å². The number of rotatable bonds is 5. The van der Waals surface area contributed by atoms with Gasteiger partial charge >= 0.3 is 5.97 Å². The summed E-state index contributed by atoms with van der Waals surface area (Å²) in [7, 11) is 0. The van der Waals surface area contributed by atoms with E-state index in [-0.39, 0.29) is 30.0 Å². The molecular formula is C28H39NO7S. The number of Topliss-reactive ketones (excluding diaryl/α,β-unsaturated/α-hetero) is 1. The van der Waals surface area contributed by atoms with E-state index < -0.39 is 29.5 Å². The number of epoxide rings is 1. The highest BCUT2D eigenvalue weighted by atomic mass is 32.1. The number of ketones is 1. The number of nitrogens with zero attached hydrogens (tertiary/aromatic N) is 1. The van der Waals surface area contributed by atoms with Crippen molar-refractivity contribution in [1.29, 1.82) is 0 Å².